The summed E-state index contributed by atoms with van der Waals surface area (Å²) in [4.78, 5) is 38.4. The molecule has 6 heteroatoms. The van der Waals surface area contributed by atoms with Crippen molar-refractivity contribution in [3.63, 3.8) is 0 Å². The van der Waals surface area contributed by atoms with Crippen molar-refractivity contribution in [2.75, 3.05) is 13.2 Å². The summed E-state index contributed by atoms with van der Waals surface area (Å²) in [6, 6.07) is 0. The van der Waals surface area contributed by atoms with E-state index in [2.05, 4.69) is 69.4 Å². The summed E-state index contributed by atoms with van der Waals surface area (Å²) < 4.78 is 17.0. The molecule has 0 aliphatic carbocycles. The Morgan fingerprint density at radius 3 is 0.700 bits per heavy atom. The highest BCUT2D eigenvalue weighted by Gasteiger charge is 2.19. The molecule has 0 fully saturated rings. The Kier molecular flexibility index (Phi) is 66.6. The Labute approximate surface area is 498 Å². The molecule has 0 bridgehead atoms. The lowest BCUT2D eigenvalue weighted by Crippen LogP contribution is -2.30. The van der Waals surface area contributed by atoms with Crippen LogP contribution in [0, 0.1) is 0 Å². The molecule has 0 rings (SSSR count). The van der Waals surface area contributed by atoms with Gasteiger partial charge in [-0.25, -0.2) is 0 Å². The SMILES string of the molecule is CCCCCCC/C=C\C/C=C\CCCCCCCCCCCCCCCCCCCC(=O)OCC(COC(=O)CCCCCCC/C=C\CCCCCCCCC)OC(=O)CCCCCCCCC/C=C\CCCCCCCC. The van der Waals surface area contributed by atoms with Crippen molar-refractivity contribution in [2.45, 2.75) is 393 Å². The molecule has 0 aromatic rings. The van der Waals surface area contributed by atoms with Crippen LogP contribution in [0.3, 0.4) is 0 Å². The molecule has 0 saturated heterocycles. The number of hydrogen-bond acceptors (Lipinski definition) is 6. The fourth-order valence-corrected chi connectivity index (χ4v) is 10.6. The largest absolute Gasteiger partial charge is 0.462 e. The van der Waals surface area contributed by atoms with Crippen LogP contribution in [0.1, 0.15) is 387 Å². The van der Waals surface area contributed by atoms with Crippen molar-refractivity contribution in [2.24, 2.45) is 0 Å². The third-order valence-electron chi connectivity index (χ3n) is 16.0. The average molecular weight is 1120 g/mol. The molecule has 468 valence electrons. The average Bonchev–Trinajstić information content (AvgIpc) is 3.46. The Morgan fingerprint density at radius 2 is 0.450 bits per heavy atom. The molecule has 0 saturated carbocycles. The van der Waals surface area contributed by atoms with E-state index in [1.165, 1.54) is 276 Å². The van der Waals surface area contributed by atoms with Crippen LogP contribution in [0.15, 0.2) is 48.6 Å². The number of carbonyl (C=O) groups excluding carboxylic acids is 3. The summed E-state index contributed by atoms with van der Waals surface area (Å²) in [5, 5.41) is 0. The van der Waals surface area contributed by atoms with Gasteiger partial charge in [-0.15, -0.1) is 0 Å². The quantitative estimate of drug-likeness (QED) is 0.0261. The molecule has 0 spiro atoms. The van der Waals surface area contributed by atoms with Crippen LogP contribution >= 0.6 is 0 Å². The summed E-state index contributed by atoms with van der Waals surface area (Å²) >= 11 is 0. The Balaban J connectivity index is 4.23. The number of rotatable bonds is 66. The van der Waals surface area contributed by atoms with Crippen LogP contribution in [-0.2, 0) is 28.6 Å². The first-order valence-corrected chi connectivity index (χ1v) is 35.6. The van der Waals surface area contributed by atoms with Crippen LogP contribution in [0.2, 0.25) is 0 Å². The van der Waals surface area contributed by atoms with Crippen molar-refractivity contribution in [3.8, 4) is 0 Å². The van der Waals surface area contributed by atoms with E-state index in [9.17, 15) is 14.4 Å². The molecule has 0 radical (unpaired) electrons. The van der Waals surface area contributed by atoms with Gasteiger partial charge >= 0.3 is 17.9 Å². The summed E-state index contributed by atoms with van der Waals surface area (Å²) in [5.74, 6) is -0.861. The molecule has 6 nitrogen and oxygen atoms in total. The first-order chi connectivity index (χ1) is 39.5. The van der Waals surface area contributed by atoms with Crippen molar-refractivity contribution in [1.82, 2.24) is 0 Å². The van der Waals surface area contributed by atoms with E-state index in [1.807, 2.05) is 0 Å². The second kappa shape index (κ2) is 68.9. The van der Waals surface area contributed by atoms with Gasteiger partial charge in [0.15, 0.2) is 6.10 Å². The van der Waals surface area contributed by atoms with Gasteiger partial charge in [0.2, 0.25) is 0 Å². The van der Waals surface area contributed by atoms with Crippen LogP contribution in [0.4, 0.5) is 0 Å². The van der Waals surface area contributed by atoms with Gasteiger partial charge in [-0.2, -0.15) is 0 Å². The molecule has 0 N–H and O–H groups in total. The maximum Gasteiger partial charge on any atom is 0.306 e. The monoisotopic (exact) mass is 1120 g/mol. The second-order valence-electron chi connectivity index (χ2n) is 24.1. The number of unbranched alkanes of at least 4 members (excludes halogenated alkanes) is 47. The lowest BCUT2D eigenvalue weighted by atomic mass is 10.0. The molecule has 1 unspecified atom stereocenters. The molecule has 0 heterocycles. The normalized spacial score (nSPS) is 12.3. The highest BCUT2D eigenvalue weighted by Crippen LogP contribution is 2.18. The smallest absolute Gasteiger partial charge is 0.306 e. The summed E-state index contributed by atoms with van der Waals surface area (Å²) in [6.07, 6.45) is 87.1. The standard InChI is InChI=1S/C74H136O6/c1-4-7-10-13-16-19-22-25-28-31-32-33-34-35-36-37-38-39-40-41-42-44-46-49-52-55-58-61-64-67-73(76)79-70-71(69-78-72(75)66-63-60-57-54-51-48-45-30-27-24-21-18-15-12-9-6-3)80-74(77)68-65-62-59-56-53-50-47-43-29-26-23-20-17-14-11-8-5-2/h22,25-26,29-32,45,71H,4-21,23-24,27-28,33-44,46-70H2,1-3H3/b25-22-,29-26-,32-31-,45-30-. The topological polar surface area (TPSA) is 78.9 Å². The molecular formula is C74H136O6. The Hall–Kier alpha value is -2.63. The molecule has 0 aromatic carbocycles. The zero-order chi connectivity index (χ0) is 57.8. The minimum absolute atomic E-state index is 0.0735. The number of allylic oxidation sites excluding steroid dienone is 8. The lowest BCUT2D eigenvalue weighted by Gasteiger charge is -2.18. The second-order valence-corrected chi connectivity index (χ2v) is 24.1. The van der Waals surface area contributed by atoms with E-state index in [4.69, 9.17) is 14.2 Å². The zero-order valence-corrected chi connectivity index (χ0v) is 53.9. The number of carbonyl (C=O) groups is 3. The van der Waals surface area contributed by atoms with Gasteiger partial charge in [0, 0.05) is 19.3 Å². The van der Waals surface area contributed by atoms with Crippen molar-refractivity contribution >= 4 is 17.9 Å². The van der Waals surface area contributed by atoms with Crippen LogP contribution in [-0.4, -0.2) is 37.2 Å². The van der Waals surface area contributed by atoms with Gasteiger partial charge in [-0.05, 0) is 103 Å². The highest BCUT2D eigenvalue weighted by atomic mass is 16.6. The highest BCUT2D eigenvalue weighted by molar-refractivity contribution is 5.71. The van der Waals surface area contributed by atoms with E-state index in [-0.39, 0.29) is 31.1 Å². The summed E-state index contributed by atoms with van der Waals surface area (Å²) in [5.41, 5.74) is 0. The predicted octanol–water partition coefficient (Wildman–Crippen LogP) is 24.5. The van der Waals surface area contributed by atoms with Gasteiger partial charge in [-0.1, -0.05) is 313 Å². The van der Waals surface area contributed by atoms with Crippen LogP contribution < -0.4 is 0 Å². The van der Waals surface area contributed by atoms with Gasteiger partial charge < -0.3 is 14.2 Å². The van der Waals surface area contributed by atoms with Gasteiger partial charge in [-0.3, -0.25) is 14.4 Å². The fourth-order valence-electron chi connectivity index (χ4n) is 10.6. The molecular weight excluding hydrogens is 985 g/mol. The number of esters is 3. The van der Waals surface area contributed by atoms with Crippen molar-refractivity contribution in [3.05, 3.63) is 48.6 Å². The molecule has 0 aliphatic heterocycles. The van der Waals surface area contributed by atoms with Crippen LogP contribution in [0.25, 0.3) is 0 Å². The van der Waals surface area contributed by atoms with E-state index >= 15 is 0 Å². The molecule has 1 atom stereocenters. The van der Waals surface area contributed by atoms with Crippen molar-refractivity contribution in [1.29, 1.82) is 0 Å². The van der Waals surface area contributed by atoms with Crippen molar-refractivity contribution < 1.29 is 28.6 Å². The lowest BCUT2D eigenvalue weighted by molar-refractivity contribution is -0.167. The van der Waals surface area contributed by atoms with Gasteiger partial charge in [0.1, 0.15) is 13.2 Å². The molecule has 0 aliphatic rings. The van der Waals surface area contributed by atoms with E-state index in [1.54, 1.807) is 0 Å². The first-order valence-electron chi connectivity index (χ1n) is 35.6. The summed E-state index contributed by atoms with van der Waals surface area (Å²) in [6.45, 7) is 6.68. The maximum atomic E-state index is 12.9. The van der Waals surface area contributed by atoms with Gasteiger partial charge in [0.25, 0.3) is 0 Å². The molecule has 0 aromatic heterocycles. The zero-order valence-electron chi connectivity index (χ0n) is 53.9. The van der Waals surface area contributed by atoms with E-state index in [0.29, 0.717) is 19.3 Å². The minimum Gasteiger partial charge on any atom is -0.462 e. The third kappa shape index (κ3) is 66.2. The van der Waals surface area contributed by atoms with E-state index < -0.39 is 6.10 Å². The minimum atomic E-state index is -0.778. The van der Waals surface area contributed by atoms with E-state index in [0.717, 1.165) is 70.6 Å². The van der Waals surface area contributed by atoms with Crippen LogP contribution in [0.5, 0.6) is 0 Å². The fraction of sp³-hybridized carbons (Fsp3) is 0.851. The van der Waals surface area contributed by atoms with Gasteiger partial charge in [0.05, 0.1) is 0 Å². The third-order valence-corrected chi connectivity index (χ3v) is 16.0. The Morgan fingerprint density at radius 1 is 0.250 bits per heavy atom. The first kappa shape index (κ1) is 77.4. The molecule has 0 amide bonds. The molecule has 80 heavy (non-hydrogen) atoms. The number of hydrogen-bond donors (Lipinski definition) is 0. The Bertz CT molecular complexity index is 1380. The maximum absolute atomic E-state index is 12.9. The summed E-state index contributed by atoms with van der Waals surface area (Å²) in [7, 11) is 0. The predicted molar refractivity (Wildman–Crippen MR) is 349 cm³/mol. The number of ether oxygens (including phenoxy) is 3.